The number of anilines is 1. The van der Waals surface area contributed by atoms with Crippen LogP contribution in [0.15, 0.2) is 47.4 Å². The van der Waals surface area contributed by atoms with Crippen LogP contribution in [0.1, 0.15) is 10.4 Å². The van der Waals surface area contributed by atoms with Gasteiger partial charge in [0.2, 0.25) is 5.43 Å². The number of piperazine rings is 1. The number of aromatic carboxylic acids is 1. The van der Waals surface area contributed by atoms with Gasteiger partial charge in [0, 0.05) is 43.4 Å². The third kappa shape index (κ3) is 3.11. The highest BCUT2D eigenvalue weighted by Gasteiger charge is 2.20. The van der Waals surface area contributed by atoms with E-state index >= 15 is 0 Å². The van der Waals surface area contributed by atoms with Crippen molar-refractivity contribution in [3.05, 3.63) is 70.0 Å². The largest absolute Gasteiger partial charge is 0.477 e. The topological polar surface area (TPSA) is 74.6 Å². The first kappa shape index (κ1) is 18.1. The van der Waals surface area contributed by atoms with E-state index in [0.29, 0.717) is 43.1 Å². The minimum Gasteiger partial charge on any atom is -0.477 e. The standard InChI is InChI=1S/C20H17F2N3O3/c21-12-1-3-13(4-2-12)25-11-15(20(27)28)19(26)14-9-16(22)18(10-17(14)25)24-7-5-23-6-8-24/h1-4,9-11,23H,5-8H2,(H,27,28)/i11+2. The maximum absolute atomic E-state index is 14.8. The van der Waals surface area contributed by atoms with Crippen LogP contribution < -0.4 is 15.6 Å². The Morgan fingerprint density at radius 1 is 1.11 bits per heavy atom. The Morgan fingerprint density at radius 3 is 2.43 bits per heavy atom. The summed E-state index contributed by atoms with van der Waals surface area (Å²) < 4.78 is 29.6. The Labute approximate surface area is 158 Å². The molecule has 28 heavy (non-hydrogen) atoms. The molecule has 4 rings (SSSR count). The Balaban J connectivity index is 2.01. The van der Waals surface area contributed by atoms with Gasteiger partial charge < -0.3 is 19.9 Å². The summed E-state index contributed by atoms with van der Waals surface area (Å²) >= 11 is 0. The summed E-state index contributed by atoms with van der Waals surface area (Å²) in [6.45, 7) is 2.63. The monoisotopic (exact) mass is 387 g/mol. The van der Waals surface area contributed by atoms with E-state index in [9.17, 15) is 23.5 Å². The lowest BCUT2D eigenvalue weighted by molar-refractivity contribution is 0.0695. The Kier molecular flexibility index (Phi) is 4.56. The fraction of sp³-hybridized carbons (Fsp3) is 0.200. The second-order valence-corrected chi connectivity index (χ2v) is 6.58. The van der Waals surface area contributed by atoms with Crippen molar-refractivity contribution in [2.45, 2.75) is 0 Å². The van der Waals surface area contributed by atoms with Gasteiger partial charge in [0.1, 0.15) is 17.2 Å². The molecule has 1 aliphatic heterocycles. The fourth-order valence-electron chi connectivity index (χ4n) is 3.45. The van der Waals surface area contributed by atoms with Gasteiger partial charge in [-0.2, -0.15) is 0 Å². The Hall–Kier alpha value is -3.26. The van der Waals surface area contributed by atoms with E-state index in [0.717, 1.165) is 6.07 Å². The number of nitrogens with one attached hydrogen (secondary N) is 1. The first-order valence-corrected chi connectivity index (χ1v) is 8.79. The lowest BCUT2D eigenvalue weighted by atomic mass is 10.1. The lowest BCUT2D eigenvalue weighted by Crippen LogP contribution is -2.43. The van der Waals surface area contributed by atoms with Crippen LogP contribution >= 0.6 is 0 Å². The second-order valence-electron chi connectivity index (χ2n) is 6.58. The van der Waals surface area contributed by atoms with Gasteiger partial charge in [0.25, 0.3) is 0 Å². The highest BCUT2D eigenvalue weighted by atomic mass is 19.1. The molecule has 1 fully saturated rings. The SMILES string of the molecule is O=C(O)c1[14cH]n(-c2ccc(F)cc2)c2cc(N3CCNCC3)c(F)cc2c1=O. The van der Waals surface area contributed by atoms with Gasteiger partial charge in [-0.3, -0.25) is 4.79 Å². The number of nitrogens with zero attached hydrogens (tertiary/aromatic N) is 2. The smallest absolute Gasteiger partial charge is 0.341 e. The quantitative estimate of drug-likeness (QED) is 0.722. The van der Waals surface area contributed by atoms with Gasteiger partial charge in [-0.1, -0.05) is 0 Å². The van der Waals surface area contributed by atoms with Crippen LogP contribution in [0.4, 0.5) is 14.5 Å². The highest BCUT2D eigenvalue weighted by molar-refractivity contribution is 5.94. The summed E-state index contributed by atoms with van der Waals surface area (Å²) in [5.41, 5.74) is -0.0755. The first-order valence-electron chi connectivity index (χ1n) is 8.79. The molecular weight excluding hydrogens is 370 g/mol. The van der Waals surface area contributed by atoms with Crippen molar-refractivity contribution in [3.63, 3.8) is 0 Å². The number of aromatic nitrogens is 1. The number of carboxylic acid groups (broad SMARTS) is 1. The summed E-state index contributed by atoms with van der Waals surface area (Å²) in [6.07, 6.45) is 1.19. The number of hydrogen-bond acceptors (Lipinski definition) is 4. The molecule has 2 heterocycles. The van der Waals surface area contributed by atoms with E-state index in [1.165, 1.54) is 35.0 Å². The maximum Gasteiger partial charge on any atom is 0.341 e. The van der Waals surface area contributed by atoms with Crippen LogP contribution in [0.5, 0.6) is 0 Å². The predicted octanol–water partition coefficient (Wildman–Crippen LogP) is 2.38. The fourth-order valence-corrected chi connectivity index (χ4v) is 3.45. The average Bonchev–Trinajstić information content (AvgIpc) is 2.69. The summed E-state index contributed by atoms with van der Waals surface area (Å²) in [6, 6.07) is 8.05. The molecule has 1 saturated heterocycles. The molecule has 0 saturated carbocycles. The zero-order valence-corrected chi connectivity index (χ0v) is 14.8. The van der Waals surface area contributed by atoms with E-state index < -0.39 is 28.6 Å². The normalized spacial score (nSPS) is 14.4. The Morgan fingerprint density at radius 2 is 1.79 bits per heavy atom. The molecule has 0 spiro atoms. The number of hydrogen-bond donors (Lipinski definition) is 2. The molecule has 0 radical (unpaired) electrons. The summed E-state index contributed by atoms with van der Waals surface area (Å²) in [7, 11) is 0. The number of rotatable bonds is 3. The van der Waals surface area contributed by atoms with E-state index in [4.69, 9.17) is 0 Å². The summed E-state index contributed by atoms with van der Waals surface area (Å²) in [5, 5.41) is 12.5. The number of carbonyl (C=O) groups is 1. The van der Waals surface area contributed by atoms with E-state index in [1.54, 1.807) is 6.07 Å². The van der Waals surface area contributed by atoms with Crippen molar-refractivity contribution < 1.29 is 18.7 Å². The zero-order valence-electron chi connectivity index (χ0n) is 14.8. The molecule has 6 nitrogen and oxygen atoms in total. The number of carboxylic acids is 1. The number of benzene rings is 2. The van der Waals surface area contributed by atoms with Crippen molar-refractivity contribution in [1.29, 1.82) is 0 Å². The molecule has 0 aliphatic carbocycles. The summed E-state index contributed by atoms with van der Waals surface area (Å²) in [4.78, 5) is 26.0. The second kappa shape index (κ2) is 7.05. The molecule has 1 aromatic heterocycles. The molecule has 2 N–H and O–H groups in total. The third-order valence-electron chi connectivity index (χ3n) is 4.87. The van der Waals surface area contributed by atoms with Crippen LogP contribution in [0.3, 0.4) is 0 Å². The number of fused-ring (bicyclic) bond motifs is 1. The van der Waals surface area contributed by atoms with Crippen LogP contribution in [0.2, 0.25) is 0 Å². The molecule has 144 valence electrons. The van der Waals surface area contributed by atoms with Gasteiger partial charge in [0.05, 0.1) is 11.2 Å². The van der Waals surface area contributed by atoms with E-state index in [2.05, 4.69) is 5.32 Å². The van der Waals surface area contributed by atoms with Crippen molar-refractivity contribution in [1.82, 2.24) is 9.88 Å². The highest BCUT2D eigenvalue weighted by Crippen LogP contribution is 2.27. The van der Waals surface area contributed by atoms with Crippen molar-refractivity contribution >= 4 is 22.6 Å². The van der Waals surface area contributed by atoms with Crippen LogP contribution in [0.25, 0.3) is 16.6 Å². The number of pyridine rings is 1. The van der Waals surface area contributed by atoms with Gasteiger partial charge in [-0.25, -0.2) is 13.6 Å². The molecule has 0 bridgehead atoms. The minimum absolute atomic E-state index is 0.0411. The average molecular weight is 387 g/mol. The van der Waals surface area contributed by atoms with E-state index in [1.807, 2.05) is 4.90 Å². The molecule has 8 heteroatoms. The van der Waals surface area contributed by atoms with Crippen LogP contribution in [-0.2, 0) is 0 Å². The molecule has 0 unspecified atom stereocenters. The van der Waals surface area contributed by atoms with Crippen molar-refractivity contribution in [2.24, 2.45) is 0 Å². The predicted molar refractivity (Wildman–Crippen MR) is 102 cm³/mol. The van der Waals surface area contributed by atoms with E-state index in [-0.39, 0.29) is 5.39 Å². The first-order chi connectivity index (χ1) is 13.5. The maximum atomic E-state index is 14.8. The molecule has 2 aromatic carbocycles. The van der Waals surface area contributed by atoms with Crippen molar-refractivity contribution in [3.8, 4) is 5.69 Å². The molecular formula is C20H17F2N3O3. The third-order valence-corrected chi connectivity index (χ3v) is 4.87. The van der Waals surface area contributed by atoms with Crippen molar-refractivity contribution in [2.75, 3.05) is 31.1 Å². The van der Waals surface area contributed by atoms with Gasteiger partial charge >= 0.3 is 5.97 Å². The van der Waals surface area contributed by atoms with Gasteiger partial charge in [0.15, 0.2) is 0 Å². The molecule has 0 atom stereocenters. The van der Waals surface area contributed by atoms with Crippen LogP contribution in [0, 0.1) is 11.6 Å². The zero-order chi connectivity index (χ0) is 19.8. The van der Waals surface area contributed by atoms with Gasteiger partial charge in [-0.05, 0) is 36.4 Å². The Bertz CT molecular complexity index is 1120. The molecule has 3 aromatic rings. The van der Waals surface area contributed by atoms with Gasteiger partial charge in [-0.15, -0.1) is 0 Å². The lowest BCUT2D eigenvalue weighted by Gasteiger charge is -2.30. The number of halogens is 2. The molecule has 0 amide bonds. The molecule has 1 aliphatic rings. The summed E-state index contributed by atoms with van der Waals surface area (Å²) in [5.74, 6) is -2.44. The van der Waals surface area contributed by atoms with Crippen LogP contribution in [-0.4, -0.2) is 41.8 Å². The minimum atomic E-state index is -1.41.